The summed E-state index contributed by atoms with van der Waals surface area (Å²) in [5, 5.41) is 1.14. The van der Waals surface area contributed by atoms with Gasteiger partial charge in [-0.15, -0.1) is 0 Å². The second-order valence-corrected chi connectivity index (χ2v) is 7.02. The summed E-state index contributed by atoms with van der Waals surface area (Å²) in [5.41, 5.74) is 0.790. The van der Waals surface area contributed by atoms with Gasteiger partial charge in [0, 0.05) is 26.2 Å². The molecular formula is C11H11Br2Cl2NO. The monoisotopic (exact) mass is 401 g/mol. The van der Waals surface area contributed by atoms with Crippen molar-refractivity contribution in [2.75, 3.05) is 25.6 Å². The van der Waals surface area contributed by atoms with E-state index >= 15 is 0 Å². The molecule has 0 spiro atoms. The fourth-order valence-corrected chi connectivity index (χ4v) is 2.32. The summed E-state index contributed by atoms with van der Waals surface area (Å²) in [6.07, 6.45) is 1.83. The van der Waals surface area contributed by atoms with Crippen LogP contribution in [0.2, 0.25) is 10.0 Å². The van der Waals surface area contributed by atoms with Crippen LogP contribution < -0.4 is 9.64 Å². The van der Waals surface area contributed by atoms with Gasteiger partial charge in [0.1, 0.15) is 12.4 Å². The van der Waals surface area contributed by atoms with Crippen molar-refractivity contribution in [3.8, 4) is 5.75 Å². The minimum atomic E-state index is 0.430. The number of anilines is 1. The van der Waals surface area contributed by atoms with Gasteiger partial charge in [-0.25, -0.2) is 0 Å². The minimum absolute atomic E-state index is 0.430. The van der Waals surface area contributed by atoms with Crippen LogP contribution in [-0.4, -0.2) is 20.7 Å². The third-order valence-corrected chi connectivity index (χ3v) is 3.15. The predicted molar refractivity (Wildman–Crippen MR) is 82.2 cm³/mol. The highest BCUT2D eigenvalue weighted by atomic mass is 79.9. The van der Waals surface area contributed by atoms with Crippen molar-refractivity contribution < 1.29 is 4.74 Å². The first-order valence-corrected chi connectivity index (χ1v) is 7.06. The highest BCUT2D eigenvalue weighted by Crippen LogP contribution is 2.36. The summed E-state index contributed by atoms with van der Waals surface area (Å²) in [4.78, 5) is 1.86. The molecule has 0 unspecified atom stereocenters. The van der Waals surface area contributed by atoms with Crippen molar-refractivity contribution in [1.29, 1.82) is 0 Å². The Hall–Kier alpha value is 0.1000. The molecule has 0 aliphatic heterocycles. The maximum atomic E-state index is 6.13. The van der Waals surface area contributed by atoms with E-state index in [9.17, 15) is 0 Å². The highest BCUT2D eigenvalue weighted by molar-refractivity contribution is 9.28. The molecule has 94 valence electrons. The van der Waals surface area contributed by atoms with Gasteiger partial charge in [-0.1, -0.05) is 23.2 Å². The van der Waals surface area contributed by atoms with Gasteiger partial charge < -0.3 is 9.64 Å². The van der Waals surface area contributed by atoms with Crippen molar-refractivity contribution >= 4 is 60.7 Å². The van der Waals surface area contributed by atoms with Crippen LogP contribution in [0.25, 0.3) is 0 Å². The van der Waals surface area contributed by atoms with E-state index in [4.69, 9.17) is 27.9 Å². The lowest BCUT2D eigenvalue weighted by Gasteiger charge is -2.17. The normalized spacial score (nSPS) is 10.0. The van der Waals surface area contributed by atoms with E-state index in [1.165, 1.54) is 0 Å². The SMILES string of the molecule is CN(C)c1c(Cl)cc(OCC=C(Br)Br)cc1Cl. The van der Waals surface area contributed by atoms with Crippen LogP contribution in [0.4, 0.5) is 5.69 Å². The van der Waals surface area contributed by atoms with Gasteiger partial charge in [-0.05, 0) is 37.9 Å². The Kier molecular flexibility index (Phi) is 6.13. The van der Waals surface area contributed by atoms with Crippen LogP contribution in [0.1, 0.15) is 0 Å². The lowest BCUT2D eigenvalue weighted by molar-refractivity contribution is 0.363. The van der Waals surface area contributed by atoms with Gasteiger partial charge in [-0.2, -0.15) is 0 Å². The molecule has 0 heterocycles. The average molecular weight is 404 g/mol. The van der Waals surface area contributed by atoms with E-state index < -0.39 is 0 Å². The molecule has 1 rings (SSSR count). The van der Waals surface area contributed by atoms with Crippen LogP contribution in [-0.2, 0) is 0 Å². The summed E-state index contributed by atoms with van der Waals surface area (Å²) >= 11 is 18.8. The molecule has 6 heteroatoms. The van der Waals surface area contributed by atoms with E-state index in [0.29, 0.717) is 22.4 Å². The zero-order chi connectivity index (χ0) is 13.0. The smallest absolute Gasteiger partial charge is 0.122 e. The first-order valence-electron chi connectivity index (χ1n) is 4.72. The lowest BCUT2D eigenvalue weighted by Crippen LogP contribution is -2.10. The van der Waals surface area contributed by atoms with Gasteiger partial charge in [-0.3, -0.25) is 0 Å². The molecule has 0 aliphatic rings. The first kappa shape index (κ1) is 15.2. The average Bonchev–Trinajstić information content (AvgIpc) is 2.14. The summed E-state index contributed by atoms with van der Waals surface area (Å²) in [6.45, 7) is 0.430. The Morgan fingerprint density at radius 1 is 1.29 bits per heavy atom. The number of rotatable bonds is 4. The number of ether oxygens (including phenoxy) is 1. The molecule has 0 amide bonds. The van der Waals surface area contributed by atoms with E-state index in [-0.39, 0.29) is 0 Å². The van der Waals surface area contributed by atoms with Crippen LogP contribution >= 0.6 is 55.1 Å². The van der Waals surface area contributed by atoms with Crippen molar-refractivity contribution in [2.24, 2.45) is 0 Å². The maximum Gasteiger partial charge on any atom is 0.122 e. The minimum Gasteiger partial charge on any atom is -0.489 e. The lowest BCUT2D eigenvalue weighted by atomic mass is 10.3. The summed E-state index contributed by atoms with van der Waals surface area (Å²) < 4.78 is 6.33. The Morgan fingerprint density at radius 3 is 2.24 bits per heavy atom. The fraction of sp³-hybridized carbons (Fsp3) is 0.273. The van der Waals surface area contributed by atoms with Crippen molar-refractivity contribution in [2.45, 2.75) is 0 Å². The van der Waals surface area contributed by atoms with Gasteiger partial charge in [0.2, 0.25) is 0 Å². The van der Waals surface area contributed by atoms with Gasteiger partial charge in [0.25, 0.3) is 0 Å². The molecule has 0 fully saturated rings. The molecule has 0 aliphatic carbocycles. The van der Waals surface area contributed by atoms with Crippen LogP contribution in [0.15, 0.2) is 21.6 Å². The molecular weight excluding hydrogens is 393 g/mol. The standard InChI is InChI=1S/C11H11Br2Cl2NO/c1-16(2)11-8(14)5-7(6-9(11)15)17-4-3-10(12)13/h3,5-6H,4H2,1-2H3. The van der Waals surface area contributed by atoms with Gasteiger partial charge >= 0.3 is 0 Å². The topological polar surface area (TPSA) is 12.5 Å². The van der Waals surface area contributed by atoms with Crippen molar-refractivity contribution in [3.63, 3.8) is 0 Å². The number of hydrogen-bond acceptors (Lipinski definition) is 2. The number of halogens is 4. The zero-order valence-corrected chi connectivity index (χ0v) is 14.0. The van der Waals surface area contributed by atoms with E-state index in [2.05, 4.69) is 31.9 Å². The zero-order valence-electron chi connectivity index (χ0n) is 9.31. The number of nitrogens with zero attached hydrogens (tertiary/aromatic N) is 1. The molecule has 0 N–H and O–H groups in total. The Morgan fingerprint density at radius 2 is 1.82 bits per heavy atom. The van der Waals surface area contributed by atoms with E-state index in [1.807, 2.05) is 25.1 Å². The molecule has 0 bridgehead atoms. The summed E-state index contributed by atoms with van der Waals surface area (Å²) in [7, 11) is 3.77. The summed E-state index contributed by atoms with van der Waals surface area (Å²) in [5.74, 6) is 0.642. The first-order chi connectivity index (χ1) is 7.91. The molecule has 0 saturated heterocycles. The molecule has 0 saturated carbocycles. The van der Waals surface area contributed by atoms with Crippen molar-refractivity contribution in [1.82, 2.24) is 0 Å². The fourth-order valence-electron chi connectivity index (χ4n) is 1.25. The van der Waals surface area contributed by atoms with Gasteiger partial charge in [0.05, 0.1) is 19.1 Å². The molecule has 0 aromatic heterocycles. The van der Waals surface area contributed by atoms with Crippen molar-refractivity contribution in [3.05, 3.63) is 31.6 Å². The van der Waals surface area contributed by atoms with Crippen LogP contribution in [0, 0.1) is 0 Å². The number of benzene rings is 1. The third-order valence-electron chi connectivity index (χ3n) is 1.93. The van der Waals surface area contributed by atoms with Crippen LogP contribution in [0.5, 0.6) is 5.75 Å². The summed E-state index contributed by atoms with van der Waals surface area (Å²) in [6, 6.07) is 3.50. The molecule has 2 nitrogen and oxygen atoms in total. The molecule has 0 atom stereocenters. The molecule has 17 heavy (non-hydrogen) atoms. The second-order valence-electron chi connectivity index (χ2n) is 3.43. The Labute approximate surface area is 128 Å². The second kappa shape index (κ2) is 6.88. The predicted octanol–water partition coefficient (Wildman–Crippen LogP) is 5.07. The third kappa shape index (κ3) is 4.70. The van der Waals surface area contributed by atoms with E-state index in [1.54, 1.807) is 12.1 Å². The van der Waals surface area contributed by atoms with Gasteiger partial charge in [0.15, 0.2) is 0 Å². The molecule has 0 radical (unpaired) electrons. The Balaban J connectivity index is 2.87. The molecule has 1 aromatic rings. The Bertz CT molecular complexity index is 408. The maximum absolute atomic E-state index is 6.13. The molecule has 1 aromatic carbocycles. The number of hydrogen-bond donors (Lipinski definition) is 0. The quantitative estimate of drug-likeness (QED) is 0.696. The largest absolute Gasteiger partial charge is 0.489 e. The van der Waals surface area contributed by atoms with Crippen LogP contribution in [0.3, 0.4) is 0 Å². The highest BCUT2D eigenvalue weighted by Gasteiger charge is 2.10. The van der Waals surface area contributed by atoms with E-state index in [0.717, 1.165) is 9.08 Å².